The van der Waals surface area contributed by atoms with Crippen molar-refractivity contribution in [1.82, 2.24) is 18.7 Å². The first kappa shape index (κ1) is 29.4. The van der Waals surface area contributed by atoms with E-state index < -0.39 is 43.6 Å². The Labute approximate surface area is 221 Å². The summed E-state index contributed by atoms with van der Waals surface area (Å²) in [5, 5.41) is 3.88. The number of hydrogen-bond acceptors (Lipinski definition) is 8. The summed E-state index contributed by atoms with van der Waals surface area (Å²) in [4.78, 5) is 45.5. The third kappa shape index (κ3) is 6.09. The minimum absolute atomic E-state index is 0.0115. The van der Waals surface area contributed by atoms with Crippen LogP contribution in [0.3, 0.4) is 0 Å². The highest BCUT2D eigenvalue weighted by Crippen LogP contribution is 2.38. The van der Waals surface area contributed by atoms with Crippen LogP contribution in [0.15, 0.2) is 31.9 Å². The molecule has 0 bridgehead atoms. The van der Waals surface area contributed by atoms with Gasteiger partial charge in [0.25, 0.3) is 5.56 Å². The second-order valence-corrected chi connectivity index (χ2v) is 15.9. The van der Waals surface area contributed by atoms with Crippen LogP contribution in [0.4, 0.5) is 0 Å². The monoisotopic (exact) mass is 547 g/mol. The van der Waals surface area contributed by atoms with E-state index in [4.69, 9.17) is 19.4 Å². The number of nitrogens with zero attached hydrogens (tertiary/aromatic N) is 7. The molecule has 1 fully saturated rings. The SMILES string of the molecule is COc1nc(=O)n(CCn2c(=O)c(C)cn([C@H]3C[C@H](N=[N+]=[N-])[C@@H](CO[Si](C)(C)C(C)(C)C)O3)c2=O)cc1C. The van der Waals surface area contributed by atoms with Crippen LogP contribution in [0.25, 0.3) is 10.4 Å². The van der Waals surface area contributed by atoms with Crippen molar-refractivity contribution in [3.63, 3.8) is 0 Å². The van der Waals surface area contributed by atoms with E-state index in [-0.39, 0.29) is 37.0 Å². The van der Waals surface area contributed by atoms with Crippen LogP contribution in [-0.2, 0) is 22.3 Å². The van der Waals surface area contributed by atoms with Crippen molar-refractivity contribution < 1.29 is 13.9 Å². The van der Waals surface area contributed by atoms with Crippen molar-refractivity contribution in [3.05, 3.63) is 65.3 Å². The number of aromatic nitrogens is 4. The largest absolute Gasteiger partial charge is 0.481 e. The summed E-state index contributed by atoms with van der Waals surface area (Å²) in [6, 6.07) is -0.533. The molecular formula is C24H37N7O6Si. The quantitative estimate of drug-likeness (QED) is 0.202. The third-order valence-electron chi connectivity index (χ3n) is 7.38. The Morgan fingerprint density at radius 2 is 1.87 bits per heavy atom. The van der Waals surface area contributed by atoms with Gasteiger partial charge in [0.15, 0.2) is 8.32 Å². The number of aryl methyl sites for hydroxylation is 3. The molecule has 0 spiro atoms. The highest BCUT2D eigenvalue weighted by molar-refractivity contribution is 6.74. The van der Waals surface area contributed by atoms with E-state index in [1.54, 1.807) is 20.0 Å². The Balaban J connectivity index is 1.88. The molecule has 2 aromatic heterocycles. The van der Waals surface area contributed by atoms with Crippen LogP contribution in [-0.4, -0.2) is 52.9 Å². The summed E-state index contributed by atoms with van der Waals surface area (Å²) >= 11 is 0. The second kappa shape index (κ2) is 11.3. The number of hydrogen-bond donors (Lipinski definition) is 0. The van der Waals surface area contributed by atoms with Gasteiger partial charge in [-0.05, 0) is 37.5 Å². The number of azide groups is 1. The molecule has 0 N–H and O–H groups in total. The fourth-order valence-electron chi connectivity index (χ4n) is 4.05. The number of rotatable bonds is 9. The second-order valence-electron chi connectivity index (χ2n) is 11.1. The lowest BCUT2D eigenvalue weighted by Crippen LogP contribution is -2.44. The predicted molar refractivity (Wildman–Crippen MR) is 144 cm³/mol. The standard InChI is InChI=1S/C24H37N7O6Si/c1-15-12-29(22(33)26-20(15)35-6)9-10-30-21(32)16(2)13-31(23(30)34)19-11-17(27-28-25)18(37-19)14-36-38(7,8)24(3,4)5/h12-13,17-19H,9-11,14H2,1-8H3/t17-,18+,19+/m0/s1. The van der Waals surface area contributed by atoms with Gasteiger partial charge in [0.2, 0.25) is 5.88 Å². The molecule has 3 heterocycles. The topological polar surface area (TPSA) is 155 Å². The average Bonchev–Trinajstić information content (AvgIpc) is 3.23. The molecule has 208 valence electrons. The van der Waals surface area contributed by atoms with Crippen molar-refractivity contribution in [3.8, 4) is 5.88 Å². The Bertz CT molecular complexity index is 1400. The zero-order valence-corrected chi connectivity index (χ0v) is 24.3. The lowest BCUT2D eigenvalue weighted by Gasteiger charge is -2.37. The maximum absolute atomic E-state index is 13.4. The molecule has 0 aliphatic carbocycles. The number of ether oxygens (including phenoxy) is 2. The highest BCUT2D eigenvalue weighted by Gasteiger charge is 2.41. The van der Waals surface area contributed by atoms with Crippen LogP contribution in [0.1, 0.15) is 44.5 Å². The smallest absolute Gasteiger partial charge is 0.350 e. The molecule has 3 rings (SSSR count). The lowest BCUT2D eigenvalue weighted by atomic mass is 10.1. The van der Waals surface area contributed by atoms with Crippen LogP contribution in [0.5, 0.6) is 5.88 Å². The molecular weight excluding hydrogens is 510 g/mol. The van der Waals surface area contributed by atoms with Crippen LogP contribution in [0, 0.1) is 13.8 Å². The highest BCUT2D eigenvalue weighted by atomic mass is 28.4. The molecule has 13 nitrogen and oxygen atoms in total. The van der Waals surface area contributed by atoms with Gasteiger partial charge in [-0.3, -0.25) is 18.5 Å². The zero-order valence-electron chi connectivity index (χ0n) is 23.3. The Kier molecular flexibility index (Phi) is 8.71. The summed E-state index contributed by atoms with van der Waals surface area (Å²) in [5.41, 5.74) is 8.51. The lowest BCUT2D eigenvalue weighted by molar-refractivity contribution is -0.0253. The fourth-order valence-corrected chi connectivity index (χ4v) is 5.06. The van der Waals surface area contributed by atoms with Gasteiger partial charge in [0.05, 0.1) is 25.9 Å². The molecule has 3 atom stereocenters. The predicted octanol–water partition coefficient (Wildman–Crippen LogP) is 2.88. The van der Waals surface area contributed by atoms with Gasteiger partial charge in [0.1, 0.15) is 6.23 Å². The van der Waals surface area contributed by atoms with E-state index in [0.717, 1.165) is 4.57 Å². The van der Waals surface area contributed by atoms with Gasteiger partial charge in [-0.15, -0.1) is 0 Å². The van der Waals surface area contributed by atoms with Crippen LogP contribution in [0.2, 0.25) is 18.1 Å². The molecule has 0 radical (unpaired) electrons. The Hall–Kier alpha value is -3.19. The van der Waals surface area contributed by atoms with E-state index >= 15 is 0 Å². The van der Waals surface area contributed by atoms with E-state index in [2.05, 4.69) is 48.9 Å². The molecule has 1 aliphatic rings. The summed E-state index contributed by atoms with van der Waals surface area (Å²) in [6.45, 7) is 14.2. The minimum atomic E-state index is -2.09. The van der Waals surface area contributed by atoms with E-state index in [1.807, 2.05) is 0 Å². The Morgan fingerprint density at radius 1 is 1.18 bits per heavy atom. The van der Waals surface area contributed by atoms with Crippen molar-refractivity contribution >= 4 is 8.32 Å². The summed E-state index contributed by atoms with van der Waals surface area (Å²) in [7, 11) is -0.664. The van der Waals surface area contributed by atoms with Crippen molar-refractivity contribution in [2.45, 2.75) is 90.6 Å². The van der Waals surface area contributed by atoms with Crippen molar-refractivity contribution in [1.29, 1.82) is 0 Å². The summed E-state index contributed by atoms with van der Waals surface area (Å²) in [5.74, 6) is 0.224. The van der Waals surface area contributed by atoms with E-state index in [1.165, 1.54) is 22.4 Å². The molecule has 1 saturated heterocycles. The van der Waals surface area contributed by atoms with Gasteiger partial charge in [0, 0.05) is 47.9 Å². The minimum Gasteiger partial charge on any atom is -0.481 e. The summed E-state index contributed by atoms with van der Waals surface area (Å²) in [6.07, 6.45) is 2.01. The molecule has 2 aromatic rings. The molecule has 0 amide bonds. The van der Waals surface area contributed by atoms with Crippen molar-refractivity contribution in [2.75, 3.05) is 13.7 Å². The van der Waals surface area contributed by atoms with Gasteiger partial charge < -0.3 is 13.9 Å². The van der Waals surface area contributed by atoms with Gasteiger partial charge in [-0.25, -0.2) is 9.59 Å². The summed E-state index contributed by atoms with van der Waals surface area (Å²) < 4.78 is 21.3. The maximum atomic E-state index is 13.4. The third-order valence-corrected chi connectivity index (χ3v) is 11.9. The fraction of sp³-hybridized carbons (Fsp3) is 0.667. The van der Waals surface area contributed by atoms with Crippen LogP contribution < -0.4 is 21.7 Å². The average molecular weight is 548 g/mol. The first-order valence-electron chi connectivity index (χ1n) is 12.5. The number of methoxy groups -OCH3 is 1. The molecule has 0 unspecified atom stereocenters. The van der Waals surface area contributed by atoms with Gasteiger partial charge >= 0.3 is 11.4 Å². The van der Waals surface area contributed by atoms with E-state index in [0.29, 0.717) is 11.1 Å². The van der Waals surface area contributed by atoms with Gasteiger partial charge in [-0.1, -0.05) is 25.9 Å². The van der Waals surface area contributed by atoms with Gasteiger partial charge in [-0.2, -0.15) is 4.98 Å². The molecule has 1 aliphatic heterocycles. The molecule has 0 saturated carbocycles. The van der Waals surface area contributed by atoms with Crippen LogP contribution >= 0.6 is 0 Å². The van der Waals surface area contributed by atoms with E-state index in [9.17, 15) is 14.4 Å². The first-order chi connectivity index (χ1) is 17.7. The normalized spacial score (nSPS) is 19.8. The molecule has 38 heavy (non-hydrogen) atoms. The molecule has 14 heteroatoms. The Morgan fingerprint density at radius 3 is 2.47 bits per heavy atom. The van der Waals surface area contributed by atoms with Crippen molar-refractivity contribution in [2.24, 2.45) is 5.11 Å². The molecule has 0 aromatic carbocycles. The zero-order chi connectivity index (χ0) is 28.4. The maximum Gasteiger partial charge on any atom is 0.350 e. The first-order valence-corrected chi connectivity index (χ1v) is 15.4.